The number of benzene rings is 2. The highest BCUT2D eigenvalue weighted by Crippen LogP contribution is 2.40. The lowest BCUT2D eigenvalue weighted by Gasteiger charge is -2.31. The van der Waals surface area contributed by atoms with Crippen LogP contribution >= 0.6 is 11.8 Å². The second-order valence-electron chi connectivity index (χ2n) is 6.95. The van der Waals surface area contributed by atoms with E-state index in [1.54, 1.807) is 12.1 Å². The van der Waals surface area contributed by atoms with E-state index in [0.29, 0.717) is 28.5 Å². The fourth-order valence-electron chi connectivity index (χ4n) is 3.44. The number of carbonyl (C=O) groups excluding carboxylic acids is 3. The van der Waals surface area contributed by atoms with Gasteiger partial charge in [-0.2, -0.15) is 5.26 Å². The molecule has 0 fully saturated rings. The van der Waals surface area contributed by atoms with E-state index in [9.17, 15) is 19.6 Å². The number of thioether (sulfide) groups is 1. The van der Waals surface area contributed by atoms with E-state index >= 15 is 0 Å². The summed E-state index contributed by atoms with van der Waals surface area (Å²) in [5.74, 6) is -2.74. The van der Waals surface area contributed by atoms with Gasteiger partial charge in [-0.25, -0.2) is 4.79 Å². The molecule has 0 aromatic heterocycles. The number of nitriles is 1. The molecule has 0 saturated heterocycles. The standard InChI is InChI=1S/C24H22N2O6S/c1-30-23(28)16-10-8-15(9-11-16)19-18(14-25)22(26-21(27)20(19)24(29)31-2)33-13-12-32-17-6-4-3-5-7-17/h3-11,19-20H,12-13H2,1-2H3,(H,26,27)/t19-,20+/m1/s1. The Hall–Kier alpha value is -3.77. The van der Waals surface area contributed by atoms with Crippen molar-refractivity contribution in [1.29, 1.82) is 5.26 Å². The van der Waals surface area contributed by atoms with Gasteiger partial charge in [0.05, 0.1) is 43.1 Å². The van der Waals surface area contributed by atoms with Gasteiger partial charge in [-0.3, -0.25) is 9.59 Å². The smallest absolute Gasteiger partial charge is 0.337 e. The van der Waals surface area contributed by atoms with Crippen LogP contribution in [0.15, 0.2) is 65.2 Å². The number of esters is 2. The van der Waals surface area contributed by atoms with Crippen LogP contribution in [0.5, 0.6) is 5.75 Å². The molecule has 1 aliphatic heterocycles. The number of nitrogens with zero attached hydrogens (tertiary/aromatic N) is 1. The van der Waals surface area contributed by atoms with Crippen molar-refractivity contribution < 1.29 is 28.6 Å². The summed E-state index contributed by atoms with van der Waals surface area (Å²) in [6.45, 7) is 0.353. The molecule has 2 atom stereocenters. The summed E-state index contributed by atoms with van der Waals surface area (Å²) < 4.78 is 15.2. The number of ether oxygens (including phenoxy) is 3. The van der Waals surface area contributed by atoms with Crippen molar-refractivity contribution in [2.45, 2.75) is 5.92 Å². The van der Waals surface area contributed by atoms with Crippen LogP contribution in [0.3, 0.4) is 0 Å². The van der Waals surface area contributed by atoms with E-state index in [1.165, 1.54) is 38.1 Å². The van der Waals surface area contributed by atoms with E-state index < -0.39 is 29.7 Å². The second-order valence-corrected chi connectivity index (χ2v) is 8.05. The maximum atomic E-state index is 12.9. The van der Waals surface area contributed by atoms with Gasteiger partial charge >= 0.3 is 11.9 Å². The fourth-order valence-corrected chi connectivity index (χ4v) is 4.32. The third kappa shape index (κ3) is 5.54. The average Bonchev–Trinajstić information content (AvgIpc) is 2.86. The number of methoxy groups -OCH3 is 2. The zero-order valence-electron chi connectivity index (χ0n) is 18.1. The van der Waals surface area contributed by atoms with Crippen LogP contribution in [0.4, 0.5) is 0 Å². The number of carbonyl (C=O) groups is 3. The van der Waals surface area contributed by atoms with Crippen LogP contribution in [0.1, 0.15) is 21.8 Å². The van der Waals surface area contributed by atoms with Crippen LogP contribution < -0.4 is 10.1 Å². The van der Waals surface area contributed by atoms with Crippen molar-refractivity contribution in [2.24, 2.45) is 5.92 Å². The maximum absolute atomic E-state index is 12.9. The van der Waals surface area contributed by atoms with Gasteiger partial charge in [0, 0.05) is 11.7 Å². The highest BCUT2D eigenvalue weighted by atomic mass is 32.2. The quantitative estimate of drug-likeness (QED) is 0.359. The molecule has 0 radical (unpaired) electrons. The minimum absolute atomic E-state index is 0.237. The number of amides is 1. The molecule has 3 rings (SSSR count). The molecular formula is C24H22N2O6S. The summed E-state index contributed by atoms with van der Waals surface area (Å²) in [6.07, 6.45) is 0. The van der Waals surface area contributed by atoms with Gasteiger partial charge in [0.25, 0.3) is 0 Å². The van der Waals surface area contributed by atoms with Gasteiger partial charge in [-0.05, 0) is 29.8 Å². The molecule has 0 saturated carbocycles. The van der Waals surface area contributed by atoms with Crippen molar-refractivity contribution in [3.05, 3.63) is 76.3 Å². The number of rotatable bonds is 8. The first-order valence-electron chi connectivity index (χ1n) is 10.0. The van der Waals surface area contributed by atoms with Gasteiger partial charge in [-0.1, -0.05) is 30.3 Å². The average molecular weight is 467 g/mol. The summed E-state index contributed by atoms with van der Waals surface area (Å²) in [5, 5.41) is 13.0. The molecule has 1 amide bonds. The molecule has 1 N–H and O–H groups in total. The lowest BCUT2D eigenvalue weighted by atomic mass is 9.78. The van der Waals surface area contributed by atoms with E-state index in [1.807, 2.05) is 30.3 Å². The molecule has 0 unspecified atom stereocenters. The van der Waals surface area contributed by atoms with Crippen LogP contribution in [0, 0.1) is 17.2 Å². The summed E-state index contributed by atoms with van der Waals surface area (Å²) >= 11 is 1.26. The molecule has 1 heterocycles. The molecule has 33 heavy (non-hydrogen) atoms. The SMILES string of the molecule is COC(=O)c1ccc([C@@H]2C(C#N)=C(SCCOc3ccccc3)NC(=O)[C@H]2C(=O)OC)cc1. The van der Waals surface area contributed by atoms with Crippen LogP contribution in [0.25, 0.3) is 0 Å². The minimum atomic E-state index is -1.24. The summed E-state index contributed by atoms with van der Waals surface area (Å²) in [7, 11) is 2.46. The highest BCUT2D eigenvalue weighted by Gasteiger charge is 2.44. The number of nitrogens with one attached hydrogen (secondary N) is 1. The Bertz CT molecular complexity index is 1090. The fraction of sp³-hybridized carbons (Fsp3) is 0.250. The van der Waals surface area contributed by atoms with Crippen LogP contribution in [0.2, 0.25) is 0 Å². The Morgan fingerprint density at radius 1 is 1.06 bits per heavy atom. The number of hydrogen-bond acceptors (Lipinski definition) is 8. The number of para-hydroxylation sites is 1. The molecular weight excluding hydrogens is 444 g/mol. The predicted octanol–water partition coefficient (Wildman–Crippen LogP) is 3.02. The zero-order valence-corrected chi connectivity index (χ0v) is 18.9. The molecule has 2 aromatic carbocycles. The highest BCUT2D eigenvalue weighted by molar-refractivity contribution is 8.03. The molecule has 9 heteroatoms. The molecule has 0 aliphatic carbocycles. The lowest BCUT2D eigenvalue weighted by Crippen LogP contribution is -2.44. The zero-order chi connectivity index (χ0) is 23.8. The van der Waals surface area contributed by atoms with E-state index in [-0.39, 0.29) is 5.57 Å². The largest absolute Gasteiger partial charge is 0.493 e. The monoisotopic (exact) mass is 466 g/mol. The third-order valence-corrected chi connectivity index (χ3v) is 6.00. The van der Waals surface area contributed by atoms with Crippen LogP contribution in [-0.2, 0) is 19.1 Å². The van der Waals surface area contributed by atoms with Crippen LogP contribution in [-0.4, -0.2) is 44.4 Å². The molecule has 8 nitrogen and oxygen atoms in total. The maximum Gasteiger partial charge on any atom is 0.337 e. The van der Waals surface area contributed by atoms with E-state index in [4.69, 9.17) is 14.2 Å². The summed E-state index contributed by atoms with van der Waals surface area (Å²) in [6, 6.07) is 17.7. The molecule has 0 spiro atoms. The van der Waals surface area contributed by atoms with Crippen molar-refractivity contribution in [1.82, 2.24) is 5.32 Å². The second kappa shape index (κ2) is 11.2. The first kappa shape index (κ1) is 23.9. The third-order valence-electron chi connectivity index (χ3n) is 5.02. The molecule has 170 valence electrons. The summed E-state index contributed by atoms with van der Waals surface area (Å²) in [4.78, 5) is 37.1. The lowest BCUT2D eigenvalue weighted by molar-refractivity contribution is -0.150. The van der Waals surface area contributed by atoms with Crippen molar-refractivity contribution in [3.8, 4) is 11.8 Å². The van der Waals surface area contributed by atoms with Crippen molar-refractivity contribution in [3.63, 3.8) is 0 Å². The Kier molecular flexibility index (Phi) is 8.11. The number of hydrogen-bond donors (Lipinski definition) is 1. The summed E-state index contributed by atoms with van der Waals surface area (Å²) in [5.41, 5.74) is 1.08. The van der Waals surface area contributed by atoms with Crippen molar-refractivity contribution >= 4 is 29.6 Å². The Morgan fingerprint density at radius 2 is 1.76 bits per heavy atom. The van der Waals surface area contributed by atoms with Gasteiger partial charge in [0.2, 0.25) is 5.91 Å². The minimum Gasteiger partial charge on any atom is -0.493 e. The first-order valence-corrected chi connectivity index (χ1v) is 11.0. The normalized spacial score (nSPS) is 17.5. The van der Waals surface area contributed by atoms with Gasteiger partial charge in [0.15, 0.2) is 0 Å². The number of allylic oxidation sites excluding steroid dienone is 1. The predicted molar refractivity (Wildman–Crippen MR) is 121 cm³/mol. The van der Waals surface area contributed by atoms with E-state index in [0.717, 1.165) is 5.75 Å². The molecule has 0 bridgehead atoms. The van der Waals surface area contributed by atoms with Gasteiger partial charge in [0.1, 0.15) is 11.7 Å². The first-order chi connectivity index (χ1) is 16.0. The van der Waals surface area contributed by atoms with Crippen molar-refractivity contribution in [2.75, 3.05) is 26.6 Å². The van der Waals surface area contributed by atoms with Gasteiger partial charge < -0.3 is 19.5 Å². The topological polar surface area (TPSA) is 115 Å². The van der Waals surface area contributed by atoms with Gasteiger partial charge in [-0.15, -0.1) is 11.8 Å². The Morgan fingerprint density at radius 3 is 2.36 bits per heavy atom. The van der Waals surface area contributed by atoms with E-state index in [2.05, 4.69) is 11.4 Å². The molecule has 2 aromatic rings. The molecule has 1 aliphatic rings. The Balaban J connectivity index is 1.88. The Labute approximate surface area is 195 Å².